The van der Waals surface area contributed by atoms with Crippen LogP contribution in [0.4, 0.5) is 11.4 Å². The lowest BCUT2D eigenvalue weighted by molar-refractivity contribution is 0.630. The minimum atomic E-state index is -0.0745. The van der Waals surface area contributed by atoms with Crippen molar-refractivity contribution in [1.29, 1.82) is 5.26 Å². The highest BCUT2D eigenvalue weighted by atomic mass is 15.1. The van der Waals surface area contributed by atoms with E-state index in [-0.39, 0.29) is 5.41 Å². The van der Waals surface area contributed by atoms with Crippen LogP contribution >= 0.6 is 0 Å². The highest BCUT2D eigenvalue weighted by Gasteiger charge is 2.34. The normalized spacial score (nSPS) is 15.5. The van der Waals surface area contributed by atoms with E-state index in [4.69, 9.17) is 0 Å². The molecule has 1 aliphatic heterocycles. The van der Waals surface area contributed by atoms with Crippen LogP contribution in [-0.4, -0.2) is 4.57 Å². The highest BCUT2D eigenvalue weighted by molar-refractivity contribution is 6.12. The lowest BCUT2D eigenvalue weighted by Gasteiger charge is -2.34. The van der Waals surface area contributed by atoms with Crippen molar-refractivity contribution in [2.45, 2.75) is 39.0 Å². The zero-order valence-corrected chi connectivity index (χ0v) is 22.0. The van der Waals surface area contributed by atoms with Crippen LogP contribution in [0.2, 0.25) is 0 Å². The van der Waals surface area contributed by atoms with Crippen LogP contribution in [-0.2, 0) is 5.41 Å². The number of nitriles is 1. The molecular weight excluding hydrogens is 462 g/mol. The number of fused-ring (bicyclic) bond motifs is 5. The number of anilines is 2. The lowest BCUT2D eigenvalue weighted by atomic mass is 9.75. The molecule has 0 N–H and O–H groups in total. The quantitative estimate of drug-likeness (QED) is 0.252. The van der Waals surface area contributed by atoms with E-state index in [0.29, 0.717) is 0 Å². The van der Waals surface area contributed by atoms with Crippen molar-refractivity contribution in [3.8, 4) is 11.8 Å². The average Bonchev–Trinajstić information content (AvgIpc) is 3.28. The number of aromatic nitrogens is 1. The summed E-state index contributed by atoms with van der Waals surface area (Å²) in [6, 6.07) is 33.5. The average molecular weight is 492 g/mol. The molecule has 1 aliphatic carbocycles. The van der Waals surface area contributed by atoms with Gasteiger partial charge in [-0.3, -0.25) is 0 Å². The number of nitrogens with zero attached hydrogens (tertiary/aromatic N) is 3. The molecule has 0 radical (unpaired) electrons. The van der Waals surface area contributed by atoms with Crippen LogP contribution < -0.4 is 4.90 Å². The molecule has 3 nitrogen and oxygen atoms in total. The summed E-state index contributed by atoms with van der Waals surface area (Å²) < 4.78 is 2.46. The Morgan fingerprint density at radius 2 is 1.55 bits per heavy atom. The van der Waals surface area contributed by atoms with E-state index in [2.05, 4.69) is 127 Å². The summed E-state index contributed by atoms with van der Waals surface area (Å²) in [5.74, 6) is 0. The van der Waals surface area contributed by atoms with Gasteiger partial charge in [-0.2, -0.15) is 5.26 Å². The topological polar surface area (TPSA) is 32.0 Å². The Morgan fingerprint density at radius 1 is 0.789 bits per heavy atom. The van der Waals surface area contributed by atoms with E-state index < -0.39 is 0 Å². The van der Waals surface area contributed by atoms with Gasteiger partial charge in [-0.25, -0.2) is 0 Å². The monoisotopic (exact) mass is 491 g/mol. The van der Waals surface area contributed by atoms with Crippen molar-refractivity contribution < 1.29 is 0 Å². The predicted octanol–water partition coefficient (Wildman–Crippen LogP) is 9.00. The van der Waals surface area contributed by atoms with E-state index in [1.165, 1.54) is 49.9 Å². The van der Waals surface area contributed by atoms with Crippen molar-refractivity contribution in [2.24, 2.45) is 0 Å². The van der Waals surface area contributed by atoms with Crippen molar-refractivity contribution >= 4 is 33.2 Å². The fourth-order valence-electron chi connectivity index (χ4n) is 6.37. The summed E-state index contributed by atoms with van der Waals surface area (Å²) in [6.45, 7) is 6.80. The molecule has 3 heteroatoms. The van der Waals surface area contributed by atoms with Gasteiger partial charge in [0.2, 0.25) is 0 Å². The number of para-hydroxylation sites is 2. The summed E-state index contributed by atoms with van der Waals surface area (Å²) in [7, 11) is 0. The first-order valence-electron chi connectivity index (χ1n) is 13.3. The maximum Gasteiger partial charge on any atom is 0.0947 e. The molecule has 38 heavy (non-hydrogen) atoms. The summed E-state index contributed by atoms with van der Waals surface area (Å²) in [5.41, 5.74) is 12.0. The van der Waals surface area contributed by atoms with Crippen molar-refractivity contribution in [1.82, 2.24) is 4.57 Å². The van der Waals surface area contributed by atoms with Crippen LogP contribution in [0.15, 0.2) is 108 Å². The minimum Gasteiger partial charge on any atom is -0.314 e. The Kier molecular flexibility index (Phi) is 4.90. The molecular formula is C35H29N3. The highest BCUT2D eigenvalue weighted by Crippen LogP contribution is 2.48. The molecule has 4 aromatic carbocycles. The predicted molar refractivity (Wildman–Crippen MR) is 157 cm³/mol. The summed E-state index contributed by atoms with van der Waals surface area (Å²) >= 11 is 0. The Morgan fingerprint density at radius 3 is 2.32 bits per heavy atom. The molecule has 0 unspecified atom stereocenters. The molecule has 1 aromatic heterocycles. The zero-order valence-electron chi connectivity index (χ0n) is 22.0. The fraction of sp³-hybridized carbons (Fsp3) is 0.171. The van der Waals surface area contributed by atoms with E-state index in [0.717, 1.165) is 29.8 Å². The second kappa shape index (κ2) is 8.23. The standard InChI is InChI=1S/C35H29N3/c1-23-11-15-25(16-12-23)37(26-17-13-24(22-36)14-18-26)27-19-20-32-29(21-27)28-7-6-9-31-34(28)38(32)33-10-5-4-8-30(33)35(31,2)3/h4-13,15-17,19-21H,14,18H2,1-3H3. The minimum absolute atomic E-state index is 0.0745. The van der Waals surface area contributed by atoms with Crippen molar-refractivity contribution in [2.75, 3.05) is 4.90 Å². The first kappa shape index (κ1) is 22.6. The smallest absolute Gasteiger partial charge is 0.0947 e. The van der Waals surface area contributed by atoms with Gasteiger partial charge in [0, 0.05) is 38.8 Å². The molecule has 0 atom stereocenters. The summed E-state index contributed by atoms with van der Waals surface area (Å²) in [5, 5.41) is 11.9. The van der Waals surface area contributed by atoms with Gasteiger partial charge in [-0.05, 0) is 79.4 Å². The summed E-state index contributed by atoms with van der Waals surface area (Å²) in [6.07, 6.45) is 5.68. The molecule has 2 heterocycles. The van der Waals surface area contributed by atoms with Crippen LogP contribution in [0.1, 0.15) is 43.4 Å². The molecule has 0 saturated carbocycles. The van der Waals surface area contributed by atoms with E-state index in [1.54, 1.807) is 0 Å². The fourth-order valence-corrected chi connectivity index (χ4v) is 6.37. The second-order valence-electron chi connectivity index (χ2n) is 11.0. The van der Waals surface area contributed by atoms with Crippen molar-refractivity contribution in [3.63, 3.8) is 0 Å². The third-order valence-corrected chi connectivity index (χ3v) is 8.37. The van der Waals surface area contributed by atoms with E-state index in [1.807, 2.05) is 6.08 Å². The van der Waals surface area contributed by atoms with Gasteiger partial charge >= 0.3 is 0 Å². The Balaban J connectivity index is 1.50. The molecule has 0 spiro atoms. The van der Waals surface area contributed by atoms with Gasteiger partial charge in [-0.15, -0.1) is 0 Å². The molecule has 5 aromatic rings. The van der Waals surface area contributed by atoms with Gasteiger partial charge in [0.15, 0.2) is 0 Å². The van der Waals surface area contributed by atoms with E-state index in [9.17, 15) is 5.26 Å². The molecule has 0 fully saturated rings. The number of rotatable bonds is 3. The Hall–Kier alpha value is -4.55. The number of hydrogen-bond donors (Lipinski definition) is 0. The number of benzene rings is 4. The van der Waals surface area contributed by atoms with Gasteiger partial charge in [0.05, 0.1) is 22.8 Å². The molecule has 0 bridgehead atoms. The van der Waals surface area contributed by atoms with Gasteiger partial charge in [0.1, 0.15) is 0 Å². The second-order valence-corrected chi connectivity index (χ2v) is 11.0. The van der Waals surface area contributed by atoms with Crippen LogP contribution in [0, 0.1) is 18.3 Å². The van der Waals surface area contributed by atoms with Crippen molar-refractivity contribution in [3.05, 3.63) is 125 Å². The number of allylic oxidation sites excluding steroid dienone is 4. The first-order valence-corrected chi connectivity index (χ1v) is 13.3. The maximum absolute atomic E-state index is 9.40. The molecule has 0 saturated heterocycles. The van der Waals surface area contributed by atoms with Gasteiger partial charge < -0.3 is 9.47 Å². The van der Waals surface area contributed by atoms with Crippen LogP contribution in [0.25, 0.3) is 27.5 Å². The third kappa shape index (κ3) is 3.20. The molecule has 0 amide bonds. The van der Waals surface area contributed by atoms with Gasteiger partial charge in [-0.1, -0.05) is 67.9 Å². The number of hydrogen-bond acceptors (Lipinski definition) is 2. The van der Waals surface area contributed by atoms with Crippen LogP contribution in [0.5, 0.6) is 0 Å². The maximum atomic E-state index is 9.40. The lowest BCUT2D eigenvalue weighted by Crippen LogP contribution is -2.26. The summed E-state index contributed by atoms with van der Waals surface area (Å²) in [4.78, 5) is 2.36. The Labute approximate surface area is 223 Å². The molecule has 184 valence electrons. The SMILES string of the molecule is Cc1ccc(N(C2=CC=C(C#N)CC2)c2ccc3c(c2)c2cccc4c2n3-c2ccccc2C4(C)C)cc1. The first-order chi connectivity index (χ1) is 18.5. The van der Waals surface area contributed by atoms with Crippen LogP contribution in [0.3, 0.4) is 0 Å². The Bertz CT molecular complexity index is 1860. The largest absolute Gasteiger partial charge is 0.314 e. The van der Waals surface area contributed by atoms with Gasteiger partial charge in [0.25, 0.3) is 0 Å². The number of aryl methyl sites for hydroxylation is 1. The zero-order chi connectivity index (χ0) is 26.0. The molecule has 7 rings (SSSR count). The third-order valence-electron chi connectivity index (χ3n) is 8.37. The molecule has 2 aliphatic rings. The van der Waals surface area contributed by atoms with E-state index >= 15 is 0 Å².